The van der Waals surface area contributed by atoms with E-state index >= 15 is 0 Å². The van der Waals surface area contributed by atoms with Gasteiger partial charge in [-0.1, -0.05) is 45.5 Å². The van der Waals surface area contributed by atoms with Crippen molar-refractivity contribution in [1.29, 1.82) is 0 Å². The molecule has 28 heavy (non-hydrogen) atoms. The molecule has 0 aliphatic rings. The molecule has 0 atom stereocenters. The topological polar surface area (TPSA) is 77.5 Å². The number of rotatable bonds is 6. The summed E-state index contributed by atoms with van der Waals surface area (Å²) in [5, 5.41) is 0.624. The zero-order valence-corrected chi connectivity index (χ0v) is 17.9. The summed E-state index contributed by atoms with van der Waals surface area (Å²) in [4.78, 5) is 24.1. The van der Waals surface area contributed by atoms with Crippen LogP contribution in [0, 0.1) is 0 Å². The molecule has 3 rings (SSSR count). The third-order valence-electron chi connectivity index (χ3n) is 3.91. The fraction of sp³-hybridized carbons (Fsp3) is 0.100. The molecule has 0 aliphatic carbocycles. The van der Waals surface area contributed by atoms with Crippen molar-refractivity contribution >= 4 is 59.0 Å². The van der Waals surface area contributed by atoms with Gasteiger partial charge in [0.05, 0.1) is 7.11 Å². The van der Waals surface area contributed by atoms with E-state index in [2.05, 4.69) is 15.9 Å². The first-order valence-corrected chi connectivity index (χ1v) is 11.4. The Balaban J connectivity index is 1.83. The monoisotopic (exact) mass is 478 g/mol. The highest BCUT2D eigenvalue weighted by Crippen LogP contribution is 2.24. The van der Waals surface area contributed by atoms with Crippen LogP contribution in [0.25, 0.3) is 16.2 Å². The maximum absolute atomic E-state index is 12.6. The van der Waals surface area contributed by atoms with E-state index in [1.54, 1.807) is 49.6 Å². The normalized spacial score (nSPS) is 11.8. The van der Waals surface area contributed by atoms with Gasteiger partial charge in [-0.25, -0.2) is 8.42 Å². The molecule has 1 aromatic heterocycles. The maximum atomic E-state index is 12.6. The van der Waals surface area contributed by atoms with Crippen LogP contribution < -0.4 is 9.48 Å². The van der Waals surface area contributed by atoms with Crippen LogP contribution in [0.5, 0.6) is 5.75 Å². The molecule has 144 valence electrons. The Bertz CT molecular complexity index is 1230. The summed E-state index contributed by atoms with van der Waals surface area (Å²) in [6.45, 7) is 0. The fourth-order valence-electron chi connectivity index (χ4n) is 2.51. The van der Waals surface area contributed by atoms with Crippen LogP contribution in [-0.4, -0.2) is 27.1 Å². The summed E-state index contributed by atoms with van der Waals surface area (Å²) in [5.74, 6) is -0.686. The average Bonchev–Trinajstić information content (AvgIpc) is 2.66. The second-order valence-electron chi connectivity index (χ2n) is 5.91. The van der Waals surface area contributed by atoms with Gasteiger partial charge in [0.15, 0.2) is 15.6 Å². The van der Waals surface area contributed by atoms with Crippen LogP contribution >= 0.6 is 27.3 Å². The van der Waals surface area contributed by atoms with Gasteiger partial charge in [0.2, 0.25) is 0 Å². The number of allylic oxidation sites excluding steroid dienone is 1. The number of carbonyl (C=O) groups excluding carboxylic acids is 1. The lowest BCUT2D eigenvalue weighted by Gasteiger charge is -2.04. The van der Waals surface area contributed by atoms with E-state index in [1.165, 1.54) is 18.2 Å². The Morgan fingerprint density at radius 2 is 1.86 bits per heavy atom. The minimum Gasteiger partial charge on any atom is -0.497 e. The first kappa shape index (κ1) is 20.4. The van der Waals surface area contributed by atoms with Crippen LogP contribution in [0.1, 0.15) is 5.56 Å². The highest BCUT2D eigenvalue weighted by molar-refractivity contribution is 9.10. The van der Waals surface area contributed by atoms with Crippen LogP contribution in [-0.2, 0) is 14.6 Å². The van der Waals surface area contributed by atoms with Crippen molar-refractivity contribution in [1.82, 2.24) is 0 Å². The highest BCUT2D eigenvalue weighted by Gasteiger charge is 2.22. The molecule has 1 heterocycles. The third-order valence-corrected chi connectivity index (χ3v) is 7.16. The molecular formula is C20H15BrO5S2. The zero-order chi connectivity index (χ0) is 20.3. The molecule has 5 nitrogen and oxygen atoms in total. The van der Waals surface area contributed by atoms with Gasteiger partial charge >= 0.3 is 0 Å². The number of hydrogen-bond donors (Lipinski definition) is 0. The van der Waals surface area contributed by atoms with Gasteiger partial charge in [-0.15, -0.1) is 0 Å². The summed E-state index contributed by atoms with van der Waals surface area (Å²) < 4.78 is 31.1. The van der Waals surface area contributed by atoms with Gasteiger partial charge in [-0.05, 0) is 53.4 Å². The van der Waals surface area contributed by atoms with Gasteiger partial charge in [0, 0.05) is 9.17 Å². The Morgan fingerprint density at radius 3 is 2.54 bits per heavy atom. The highest BCUT2D eigenvalue weighted by atomic mass is 79.9. The molecule has 2 aromatic carbocycles. The predicted octanol–water partition coefficient (Wildman–Crippen LogP) is 4.09. The first-order chi connectivity index (χ1) is 13.3. The van der Waals surface area contributed by atoms with Crippen molar-refractivity contribution in [2.75, 3.05) is 12.9 Å². The second-order valence-corrected chi connectivity index (χ2v) is 9.80. The van der Waals surface area contributed by atoms with Crippen molar-refractivity contribution < 1.29 is 17.9 Å². The van der Waals surface area contributed by atoms with Crippen molar-refractivity contribution in [3.8, 4) is 5.75 Å². The van der Waals surface area contributed by atoms with Gasteiger partial charge in [0.25, 0.3) is 4.74 Å². The largest absolute Gasteiger partial charge is 0.497 e. The molecule has 0 bridgehead atoms. The van der Waals surface area contributed by atoms with Crippen LogP contribution in [0.2, 0.25) is 0 Å². The van der Waals surface area contributed by atoms with Gasteiger partial charge in [-0.3, -0.25) is 9.59 Å². The summed E-state index contributed by atoms with van der Waals surface area (Å²) in [6.07, 6.45) is 2.72. The Labute approximate surface area is 174 Å². The molecule has 0 spiro atoms. The quantitative estimate of drug-likeness (QED) is 0.498. The van der Waals surface area contributed by atoms with E-state index in [1.807, 2.05) is 0 Å². The number of ether oxygens (including phenoxy) is 1. The number of halogens is 1. The maximum Gasteiger partial charge on any atom is 0.251 e. The van der Waals surface area contributed by atoms with Crippen molar-refractivity contribution in [2.45, 2.75) is 4.90 Å². The molecule has 0 radical (unpaired) electrons. The lowest BCUT2D eigenvalue weighted by molar-refractivity contribution is -0.112. The number of fused-ring (bicyclic) bond motifs is 1. The summed E-state index contributed by atoms with van der Waals surface area (Å²) in [6, 6.07) is 13.5. The number of sulfone groups is 1. The number of carbonyl (C=O) groups is 1. The fourth-order valence-corrected chi connectivity index (χ4v) is 5.31. The van der Waals surface area contributed by atoms with Crippen molar-refractivity contribution in [3.05, 3.63) is 74.2 Å². The van der Waals surface area contributed by atoms with E-state index < -0.39 is 26.1 Å². The minimum atomic E-state index is -4.05. The summed E-state index contributed by atoms with van der Waals surface area (Å²) >= 11 is 4.17. The summed E-state index contributed by atoms with van der Waals surface area (Å²) in [5.41, 5.74) is 0.730. The van der Waals surface area contributed by atoms with Gasteiger partial charge in [-0.2, -0.15) is 0 Å². The zero-order valence-electron chi connectivity index (χ0n) is 14.7. The number of hydrogen-bond acceptors (Lipinski definition) is 6. The molecule has 3 aromatic rings. The van der Waals surface area contributed by atoms with E-state index in [9.17, 15) is 18.0 Å². The molecule has 0 saturated carbocycles. The first-order valence-electron chi connectivity index (χ1n) is 8.09. The molecule has 8 heteroatoms. The van der Waals surface area contributed by atoms with Crippen molar-refractivity contribution in [2.24, 2.45) is 0 Å². The number of methoxy groups -OCH3 is 1. The molecule has 0 saturated heterocycles. The number of ketones is 1. The third kappa shape index (κ3) is 4.76. The molecule has 0 N–H and O–H groups in total. The molecule has 0 fully saturated rings. The lowest BCUT2D eigenvalue weighted by Crippen LogP contribution is -2.19. The molecular weight excluding hydrogens is 464 g/mol. The molecule has 0 aliphatic heterocycles. The van der Waals surface area contributed by atoms with Crippen LogP contribution in [0.3, 0.4) is 0 Å². The SMILES string of the molecule is COc1ccc(/C=C\C(=O)CS(=O)(=O)c2cc3cc(Br)ccc3sc2=O)cc1. The van der Waals surface area contributed by atoms with E-state index in [0.717, 1.165) is 21.4 Å². The molecule has 0 unspecified atom stereocenters. The number of benzene rings is 2. The van der Waals surface area contributed by atoms with E-state index in [-0.39, 0.29) is 4.90 Å². The Hall–Kier alpha value is -2.29. The minimum absolute atomic E-state index is 0.353. The van der Waals surface area contributed by atoms with Crippen LogP contribution in [0.4, 0.5) is 0 Å². The van der Waals surface area contributed by atoms with Crippen molar-refractivity contribution in [3.63, 3.8) is 0 Å². The van der Waals surface area contributed by atoms with E-state index in [4.69, 9.17) is 4.74 Å². The predicted molar refractivity (Wildman–Crippen MR) is 115 cm³/mol. The molecule has 0 amide bonds. The average molecular weight is 479 g/mol. The standard InChI is InChI=1S/C20H15BrO5S2/c1-26-17-7-3-13(4-8-17)2-6-16(22)12-28(24,25)19-11-14-10-15(21)5-9-18(14)27-20(19)23/h2-11H,12H2,1H3/b6-2-. The summed E-state index contributed by atoms with van der Waals surface area (Å²) in [7, 11) is -2.50. The van der Waals surface area contributed by atoms with E-state index in [0.29, 0.717) is 15.8 Å². The van der Waals surface area contributed by atoms with Gasteiger partial charge < -0.3 is 4.74 Å². The van der Waals surface area contributed by atoms with Crippen LogP contribution in [0.15, 0.2) is 68.8 Å². The Kier molecular flexibility index (Phi) is 6.12. The second kappa shape index (κ2) is 8.38. The smallest absolute Gasteiger partial charge is 0.251 e. The Morgan fingerprint density at radius 1 is 1.14 bits per heavy atom. The lowest BCUT2D eigenvalue weighted by atomic mass is 10.2. The van der Waals surface area contributed by atoms with Gasteiger partial charge in [0.1, 0.15) is 16.4 Å².